The van der Waals surface area contributed by atoms with E-state index in [-0.39, 0.29) is 5.78 Å². The standard InChI is InChI=1S/C30H25N5O4/c1-31-28-19-26-27(20-30(28)38-16-15-35-33-13-14-34-35)32-12-11-29(26)39-25-9-5-22(6-10-25)18-23(36)17-21-3-7-24(37-2)8-4-21/h3-14,19-20H,15-18H2,2H3. The maximum Gasteiger partial charge on any atom is 0.229 e. The number of fused-ring (bicyclic) bond motifs is 1. The second-order valence-electron chi connectivity index (χ2n) is 8.72. The molecule has 3 aromatic carbocycles. The van der Waals surface area contributed by atoms with Gasteiger partial charge in [0.1, 0.15) is 35.4 Å². The zero-order valence-electron chi connectivity index (χ0n) is 21.3. The zero-order chi connectivity index (χ0) is 27.0. The van der Waals surface area contributed by atoms with E-state index >= 15 is 0 Å². The van der Waals surface area contributed by atoms with Crippen LogP contribution in [0.2, 0.25) is 0 Å². The maximum absolute atomic E-state index is 12.6. The summed E-state index contributed by atoms with van der Waals surface area (Å²) in [5.41, 5.74) is 2.86. The van der Waals surface area contributed by atoms with Crippen molar-refractivity contribution in [2.75, 3.05) is 13.7 Å². The van der Waals surface area contributed by atoms with Crippen molar-refractivity contribution < 1.29 is 19.0 Å². The smallest absolute Gasteiger partial charge is 0.229 e. The number of pyridine rings is 1. The average molecular weight is 520 g/mol. The summed E-state index contributed by atoms with van der Waals surface area (Å²) in [6.45, 7) is 8.39. The van der Waals surface area contributed by atoms with E-state index in [0.29, 0.717) is 59.8 Å². The normalized spacial score (nSPS) is 10.7. The van der Waals surface area contributed by atoms with Crippen LogP contribution in [-0.4, -0.2) is 39.5 Å². The Bertz CT molecular complexity index is 1610. The summed E-state index contributed by atoms with van der Waals surface area (Å²) in [6, 6.07) is 20.2. The number of benzene rings is 3. The van der Waals surface area contributed by atoms with Crippen molar-refractivity contribution in [3.8, 4) is 23.0 Å². The third kappa shape index (κ3) is 6.37. The fraction of sp³-hybridized carbons (Fsp3) is 0.167. The van der Waals surface area contributed by atoms with Crippen LogP contribution in [0.5, 0.6) is 23.0 Å². The Labute approximate surface area is 225 Å². The van der Waals surface area contributed by atoms with Crippen molar-refractivity contribution in [1.29, 1.82) is 0 Å². The number of hydrogen-bond donors (Lipinski definition) is 0. The predicted molar refractivity (Wildman–Crippen MR) is 145 cm³/mol. The molecule has 194 valence electrons. The van der Waals surface area contributed by atoms with Crippen LogP contribution in [0.1, 0.15) is 11.1 Å². The molecule has 2 aromatic heterocycles. The molecule has 0 fully saturated rings. The van der Waals surface area contributed by atoms with E-state index in [4.69, 9.17) is 20.8 Å². The molecule has 0 atom stereocenters. The highest BCUT2D eigenvalue weighted by Gasteiger charge is 2.12. The number of hydrogen-bond acceptors (Lipinski definition) is 7. The van der Waals surface area contributed by atoms with E-state index < -0.39 is 0 Å². The molecule has 39 heavy (non-hydrogen) atoms. The largest absolute Gasteiger partial charge is 0.503 e. The first kappa shape index (κ1) is 25.4. The van der Waals surface area contributed by atoms with Crippen LogP contribution in [0.25, 0.3) is 15.7 Å². The molecule has 0 N–H and O–H groups in total. The van der Waals surface area contributed by atoms with Gasteiger partial charge in [0.15, 0.2) is 0 Å². The number of Topliss-reactive ketones (excluding diaryl/α,β-unsaturated/α-hetero) is 1. The van der Waals surface area contributed by atoms with Gasteiger partial charge < -0.3 is 14.2 Å². The van der Waals surface area contributed by atoms with Crippen LogP contribution in [0, 0.1) is 6.57 Å². The Balaban J connectivity index is 1.25. The first-order chi connectivity index (χ1) is 19.1. The summed E-state index contributed by atoms with van der Waals surface area (Å²) in [5, 5.41) is 8.79. The number of methoxy groups -OCH3 is 1. The molecule has 0 saturated carbocycles. The Morgan fingerprint density at radius 3 is 2.18 bits per heavy atom. The Kier molecular flexibility index (Phi) is 7.74. The van der Waals surface area contributed by atoms with Gasteiger partial charge in [-0.25, -0.2) is 4.85 Å². The van der Waals surface area contributed by atoms with Gasteiger partial charge in [0.25, 0.3) is 0 Å². The van der Waals surface area contributed by atoms with E-state index in [2.05, 4.69) is 20.0 Å². The van der Waals surface area contributed by atoms with Gasteiger partial charge in [-0.05, 0) is 53.6 Å². The molecule has 0 radical (unpaired) electrons. The van der Waals surface area contributed by atoms with Gasteiger partial charge in [-0.15, -0.1) is 0 Å². The molecule has 9 nitrogen and oxygen atoms in total. The molecule has 0 aliphatic carbocycles. The summed E-state index contributed by atoms with van der Waals surface area (Å²) in [6.07, 6.45) is 5.55. The predicted octanol–water partition coefficient (Wildman–Crippen LogP) is 5.61. The topological polar surface area (TPSA) is 92.7 Å². The highest BCUT2D eigenvalue weighted by molar-refractivity contribution is 5.91. The summed E-state index contributed by atoms with van der Waals surface area (Å²) in [7, 11) is 1.62. The van der Waals surface area contributed by atoms with Crippen molar-refractivity contribution in [3.63, 3.8) is 0 Å². The van der Waals surface area contributed by atoms with E-state index in [9.17, 15) is 4.79 Å². The highest BCUT2D eigenvalue weighted by atomic mass is 16.5. The number of aromatic nitrogens is 4. The van der Waals surface area contributed by atoms with Gasteiger partial charge in [-0.3, -0.25) is 9.78 Å². The number of carbonyl (C=O) groups excluding carboxylic acids is 1. The van der Waals surface area contributed by atoms with Crippen LogP contribution >= 0.6 is 0 Å². The van der Waals surface area contributed by atoms with Gasteiger partial charge in [-0.1, -0.05) is 24.3 Å². The van der Waals surface area contributed by atoms with Gasteiger partial charge in [0, 0.05) is 24.4 Å². The molecule has 0 aliphatic rings. The number of nitrogens with zero attached hydrogens (tertiary/aromatic N) is 5. The van der Waals surface area contributed by atoms with Crippen molar-refractivity contribution in [1.82, 2.24) is 20.0 Å². The SMILES string of the molecule is [C-]#[N+]c1cc2c(Oc3ccc(CC(=O)Cc4ccc(OC)cc4)cc3)ccnc2cc1OCCn1nccn1. The van der Waals surface area contributed by atoms with Crippen LogP contribution in [-0.2, 0) is 24.2 Å². The monoisotopic (exact) mass is 519 g/mol. The minimum atomic E-state index is 0.125. The summed E-state index contributed by atoms with van der Waals surface area (Å²) in [4.78, 5) is 22.1. The fourth-order valence-corrected chi connectivity index (χ4v) is 4.09. The maximum atomic E-state index is 12.6. The Morgan fingerprint density at radius 1 is 0.872 bits per heavy atom. The average Bonchev–Trinajstić information content (AvgIpc) is 3.48. The molecule has 5 aromatic rings. The molecule has 0 unspecified atom stereocenters. The first-order valence-corrected chi connectivity index (χ1v) is 12.3. The molecule has 0 aliphatic heterocycles. The minimum Gasteiger partial charge on any atom is -0.503 e. The zero-order valence-corrected chi connectivity index (χ0v) is 21.3. The van der Waals surface area contributed by atoms with E-state index in [1.54, 1.807) is 43.9 Å². The molecule has 0 saturated heterocycles. The highest BCUT2D eigenvalue weighted by Crippen LogP contribution is 2.37. The first-order valence-electron chi connectivity index (χ1n) is 12.3. The molecule has 2 heterocycles. The van der Waals surface area contributed by atoms with Crippen molar-refractivity contribution in [3.05, 3.63) is 108 Å². The second-order valence-corrected chi connectivity index (χ2v) is 8.72. The Hall–Kier alpha value is -5.23. The van der Waals surface area contributed by atoms with Crippen LogP contribution in [0.4, 0.5) is 5.69 Å². The molecule has 0 spiro atoms. The lowest BCUT2D eigenvalue weighted by molar-refractivity contribution is -0.117. The van der Waals surface area contributed by atoms with Gasteiger partial charge in [0.2, 0.25) is 5.69 Å². The van der Waals surface area contributed by atoms with Gasteiger partial charge >= 0.3 is 0 Å². The molecule has 5 rings (SSSR count). The summed E-state index contributed by atoms with van der Waals surface area (Å²) < 4.78 is 17.1. The fourth-order valence-electron chi connectivity index (χ4n) is 4.09. The quantitative estimate of drug-likeness (QED) is 0.209. The molecule has 9 heteroatoms. The number of carbonyl (C=O) groups is 1. The van der Waals surface area contributed by atoms with Gasteiger partial charge in [0.05, 0.1) is 38.1 Å². The lowest BCUT2D eigenvalue weighted by atomic mass is 10.0. The number of ketones is 1. The lowest BCUT2D eigenvalue weighted by Crippen LogP contribution is -2.10. The van der Waals surface area contributed by atoms with Crippen LogP contribution < -0.4 is 14.2 Å². The third-order valence-electron chi connectivity index (χ3n) is 6.03. The molecule has 0 bridgehead atoms. The van der Waals surface area contributed by atoms with Gasteiger partial charge in [-0.2, -0.15) is 15.0 Å². The second kappa shape index (κ2) is 11.9. The Morgan fingerprint density at radius 2 is 1.54 bits per heavy atom. The van der Waals surface area contributed by atoms with Crippen LogP contribution in [0.15, 0.2) is 85.3 Å². The minimum absolute atomic E-state index is 0.125. The van der Waals surface area contributed by atoms with E-state index in [1.807, 2.05) is 48.5 Å². The summed E-state index contributed by atoms with van der Waals surface area (Å²) in [5.74, 6) is 2.52. The lowest BCUT2D eigenvalue weighted by Gasteiger charge is -2.12. The van der Waals surface area contributed by atoms with E-state index in [1.165, 1.54) is 4.80 Å². The molecular weight excluding hydrogens is 494 g/mol. The third-order valence-corrected chi connectivity index (χ3v) is 6.03. The van der Waals surface area contributed by atoms with Crippen molar-refractivity contribution in [2.24, 2.45) is 0 Å². The molecule has 0 amide bonds. The van der Waals surface area contributed by atoms with Crippen molar-refractivity contribution >= 4 is 22.4 Å². The van der Waals surface area contributed by atoms with Crippen LogP contribution in [0.3, 0.4) is 0 Å². The number of rotatable bonds is 11. The van der Waals surface area contributed by atoms with E-state index in [0.717, 1.165) is 16.9 Å². The molecular formula is C30H25N5O4. The summed E-state index contributed by atoms with van der Waals surface area (Å²) >= 11 is 0. The van der Waals surface area contributed by atoms with Crippen molar-refractivity contribution in [2.45, 2.75) is 19.4 Å². The number of ether oxygens (including phenoxy) is 3.